The number of hydrogen-bond donors (Lipinski definition) is 2. The molecule has 102 valence electrons. The maximum Gasteiger partial charge on any atom is 0.121 e. The second-order valence-electron chi connectivity index (χ2n) is 4.94. The van der Waals surface area contributed by atoms with Gasteiger partial charge in [-0.15, -0.1) is 0 Å². The van der Waals surface area contributed by atoms with Crippen LogP contribution in [0.15, 0.2) is 24.3 Å². The summed E-state index contributed by atoms with van der Waals surface area (Å²) in [4.78, 5) is 0. The molecular formula is C15H25NO2. The highest BCUT2D eigenvalue weighted by atomic mass is 16.5. The molecule has 0 spiro atoms. The minimum Gasteiger partial charge on any atom is -0.493 e. The van der Waals surface area contributed by atoms with Crippen molar-refractivity contribution in [2.45, 2.75) is 33.1 Å². The molecule has 18 heavy (non-hydrogen) atoms. The van der Waals surface area contributed by atoms with E-state index in [4.69, 9.17) is 9.84 Å². The van der Waals surface area contributed by atoms with Crippen LogP contribution < -0.4 is 10.1 Å². The first-order valence-corrected chi connectivity index (χ1v) is 6.80. The zero-order valence-corrected chi connectivity index (χ0v) is 11.5. The first kappa shape index (κ1) is 14.8. The summed E-state index contributed by atoms with van der Waals surface area (Å²) < 4.78 is 5.68. The van der Waals surface area contributed by atoms with Crippen molar-refractivity contribution in [3.8, 4) is 5.75 Å². The van der Waals surface area contributed by atoms with Crippen LogP contribution in [-0.2, 0) is 0 Å². The normalized spacial score (nSPS) is 10.7. The molecule has 0 saturated heterocycles. The molecule has 0 amide bonds. The predicted octanol–water partition coefficient (Wildman–Crippen LogP) is 3.30. The number of hydrogen-bond acceptors (Lipinski definition) is 3. The van der Waals surface area contributed by atoms with Crippen LogP contribution in [-0.4, -0.2) is 24.9 Å². The molecule has 0 saturated carbocycles. The van der Waals surface area contributed by atoms with Crippen molar-refractivity contribution >= 4 is 5.69 Å². The molecule has 0 aliphatic rings. The molecule has 0 radical (unpaired) electrons. The molecule has 1 aromatic carbocycles. The lowest BCUT2D eigenvalue weighted by Gasteiger charge is -2.11. The van der Waals surface area contributed by atoms with Gasteiger partial charge in [0.15, 0.2) is 0 Å². The fourth-order valence-corrected chi connectivity index (χ4v) is 1.61. The number of anilines is 1. The van der Waals surface area contributed by atoms with Crippen LogP contribution in [0.2, 0.25) is 0 Å². The molecule has 0 fully saturated rings. The average molecular weight is 251 g/mol. The van der Waals surface area contributed by atoms with Crippen LogP contribution in [0.5, 0.6) is 5.75 Å². The standard InChI is InChI=1S/C15H25NO2/c1-13(2)12-18-15-8-6-7-14(11-15)16-9-4-3-5-10-17/h6-8,11,13,16-17H,3-5,9-10,12H2,1-2H3. The van der Waals surface area contributed by atoms with Gasteiger partial charge in [-0.2, -0.15) is 0 Å². The highest BCUT2D eigenvalue weighted by Gasteiger charge is 1.98. The van der Waals surface area contributed by atoms with Gasteiger partial charge in [0.25, 0.3) is 0 Å². The Morgan fingerprint density at radius 2 is 2.06 bits per heavy atom. The molecule has 0 aliphatic carbocycles. The molecule has 0 heterocycles. The molecule has 0 unspecified atom stereocenters. The summed E-state index contributed by atoms with van der Waals surface area (Å²) in [7, 11) is 0. The molecule has 3 heteroatoms. The number of rotatable bonds is 9. The van der Waals surface area contributed by atoms with Gasteiger partial charge in [0.2, 0.25) is 0 Å². The molecule has 1 aromatic rings. The van der Waals surface area contributed by atoms with Crippen molar-refractivity contribution in [1.29, 1.82) is 0 Å². The lowest BCUT2D eigenvalue weighted by atomic mass is 10.2. The van der Waals surface area contributed by atoms with Gasteiger partial charge in [-0.05, 0) is 37.3 Å². The first-order chi connectivity index (χ1) is 8.72. The fourth-order valence-electron chi connectivity index (χ4n) is 1.61. The molecule has 1 rings (SSSR count). The van der Waals surface area contributed by atoms with Crippen molar-refractivity contribution in [3.05, 3.63) is 24.3 Å². The third-order valence-electron chi connectivity index (χ3n) is 2.58. The summed E-state index contributed by atoms with van der Waals surface area (Å²) in [5.74, 6) is 1.46. The van der Waals surface area contributed by atoms with E-state index in [9.17, 15) is 0 Å². The van der Waals surface area contributed by atoms with Gasteiger partial charge in [-0.3, -0.25) is 0 Å². The van der Waals surface area contributed by atoms with Crippen molar-refractivity contribution in [1.82, 2.24) is 0 Å². The zero-order chi connectivity index (χ0) is 13.2. The molecule has 0 aliphatic heterocycles. The van der Waals surface area contributed by atoms with E-state index in [1.165, 1.54) is 0 Å². The maximum atomic E-state index is 8.69. The summed E-state index contributed by atoms with van der Waals surface area (Å²) in [5.41, 5.74) is 1.10. The smallest absolute Gasteiger partial charge is 0.121 e. The second-order valence-corrected chi connectivity index (χ2v) is 4.94. The average Bonchev–Trinajstić information content (AvgIpc) is 2.37. The van der Waals surface area contributed by atoms with E-state index in [-0.39, 0.29) is 0 Å². The Labute approximate surface area is 110 Å². The van der Waals surface area contributed by atoms with Gasteiger partial charge in [-0.1, -0.05) is 19.9 Å². The first-order valence-electron chi connectivity index (χ1n) is 6.80. The molecule has 0 aromatic heterocycles. The predicted molar refractivity (Wildman–Crippen MR) is 76.2 cm³/mol. The molecular weight excluding hydrogens is 226 g/mol. The summed E-state index contributed by atoms with van der Waals surface area (Å²) >= 11 is 0. The van der Waals surface area contributed by atoms with Crippen LogP contribution in [0, 0.1) is 5.92 Å². The highest BCUT2D eigenvalue weighted by molar-refractivity contribution is 5.48. The van der Waals surface area contributed by atoms with E-state index >= 15 is 0 Å². The topological polar surface area (TPSA) is 41.5 Å². The van der Waals surface area contributed by atoms with E-state index in [0.29, 0.717) is 12.5 Å². The van der Waals surface area contributed by atoms with Crippen LogP contribution in [0.25, 0.3) is 0 Å². The van der Waals surface area contributed by atoms with Crippen LogP contribution in [0.3, 0.4) is 0 Å². The molecule has 3 nitrogen and oxygen atoms in total. The van der Waals surface area contributed by atoms with Gasteiger partial charge in [0, 0.05) is 24.9 Å². The van der Waals surface area contributed by atoms with Crippen molar-refractivity contribution in [2.75, 3.05) is 25.1 Å². The second kappa shape index (κ2) is 8.81. The maximum absolute atomic E-state index is 8.69. The van der Waals surface area contributed by atoms with Gasteiger partial charge in [0.1, 0.15) is 5.75 Å². The summed E-state index contributed by atoms with van der Waals surface area (Å²) in [5, 5.41) is 12.1. The molecule has 2 N–H and O–H groups in total. The number of unbranched alkanes of at least 4 members (excludes halogenated alkanes) is 2. The Kier molecular flexibility index (Phi) is 7.26. The highest BCUT2D eigenvalue weighted by Crippen LogP contribution is 2.18. The molecule has 0 bridgehead atoms. The minimum atomic E-state index is 0.290. The van der Waals surface area contributed by atoms with E-state index in [1.54, 1.807) is 0 Å². The van der Waals surface area contributed by atoms with Crippen LogP contribution in [0.4, 0.5) is 5.69 Å². The number of nitrogens with one attached hydrogen (secondary N) is 1. The Morgan fingerprint density at radius 3 is 2.78 bits per heavy atom. The van der Waals surface area contributed by atoms with E-state index in [1.807, 2.05) is 24.3 Å². The quantitative estimate of drug-likeness (QED) is 0.662. The van der Waals surface area contributed by atoms with Gasteiger partial charge < -0.3 is 15.2 Å². The third kappa shape index (κ3) is 6.50. The van der Waals surface area contributed by atoms with Gasteiger partial charge >= 0.3 is 0 Å². The van der Waals surface area contributed by atoms with E-state index in [2.05, 4.69) is 19.2 Å². The zero-order valence-electron chi connectivity index (χ0n) is 11.5. The van der Waals surface area contributed by atoms with Gasteiger partial charge in [0.05, 0.1) is 6.61 Å². The van der Waals surface area contributed by atoms with Crippen molar-refractivity contribution in [3.63, 3.8) is 0 Å². The lowest BCUT2D eigenvalue weighted by molar-refractivity contribution is 0.271. The lowest BCUT2D eigenvalue weighted by Crippen LogP contribution is -2.05. The van der Waals surface area contributed by atoms with Crippen LogP contribution in [0.1, 0.15) is 33.1 Å². The SMILES string of the molecule is CC(C)COc1cccc(NCCCCCO)c1. The fraction of sp³-hybridized carbons (Fsp3) is 0.600. The number of benzene rings is 1. The number of aliphatic hydroxyl groups excluding tert-OH is 1. The monoisotopic (exact) mass is 251 g/mol. The van der Waals surface area contributed by atoms with Crippen LogP contribution >= 0.6 is 0 Å². The Balaban J connectivity index is 2.30. The Bertz CT molecular complexity index is 326. The van der Waals surface area contributed by atoms with E-state index in [0.717, 1.165) is 43.9 Å². The summed E-state index contributed by atoms with van der Waals surface area (Å²) in [6, 6.07) is 8.08. The largest absolute Gasteiger partial charge is 0.493 e. The van der Waals surface area contributed by atoms with Gasteiger partial charge in [-0.25, -0.2) is 0 Å². The molecule has 0 atom stereocenters. The minimum absolute atomic E-state index is 0.290. The Hall–Kier alpha value is -1.22. The number of aliphatic hydroxyl groups is 1. The van der Waals surface area contributed by atoms with Crippen molar-refractivity contribution in [2.24, 2.45) is 5.92 Å². The van der Waals surface area contributed by atoms with E-state index < -0.39 is 0 Å². The number of ether oxygens (including phenoxy) is 1. The summed E-state index contributed by atoms with van der Waals surface area (Å²) in [6.07, 6.45) is 3.03. The summed E-state index contributed by atoms with van der Waals surface area (Å²) in [6.45, 7) is 6.26. The van der Waals surface area contributed by atoms with Crippen molar-refractivity contribution < 1.29 is 9.84 Å². The Morgan fingerprint density at radius 1 is 1.22 bits per heavy atom. The third-order valence-corrected chi connectivity index (χ3v) is 2.58.